The molecule has 0 aliphatic carbocycles. The molecule has 1 aliphatic heterocycles. The first-order valence-electron chi connectivity index (χ1n) is 7.83. The SMILES string of the molecule is COc1ccc(CNC(=O)C(C(C)C)N2CCCC2=O)cc1Br. The standard InChI is InChI=1S/C17H23BrN2O3/c1-11(2)16(20-8-4-5-15(20)21)17(22)19-10-12-6-7-14(23-3)13(18)9-12/h6-7,9,11,16H,4-5,8,10H2,1-3H3,(H,19,22). The summed E-state index contributed by atoms with van der Waals surface area (Å²) in [5.41, 5.74) is 0.973. The van der Waals surface area contributed by atoms with Crippen LogP contribution in [-0.2, 0) is 16.1 Å². The van der Waals surface area contributed by atoms with Crippen molar-refractivity contribution in [1.29, 1.82) is 0 Å². The van der Waals surface area contributed by atoms with E-state index in [2.05, 4.69) is 21.2 Å². The van der Waals surface area contributed by atoms with Gasteiger partial charge in [-0.25, -0.2) is 0 Å². The first-order valence-corrected chi connectivity index (χ1v) is 8.63. The molecule has 1 aromatic rings. The van der Waals surface area contributed by atoms with Crippen molar-refractivity contribution in [2.45, 2.75) is 39.3 Å². The Labute approximate surface area is 145 Å². The van der Waals surface area contributed by atoms with E-state index >= 15 is 0 Å². The van der Waals surface area contributed by atoms with Gasteiger partial charge in [0.15, 0.2) is 0 Å². The first-order chi connectivity index (χ1) is 10.9. The zero-order valence-electron chi connectivity index (χ0n) is 13.8. The third-order valence-corrected chi connectivity index (χ3v) is 4.65. The minimum Gasteiger partial charge on any atom is -0.496 e. The van der Waals surface area contributed by atoms with E-state index in [4.69, 9.17) is 4.74 Å². The van der Waals surface area contributed by atoms with E-state index in [-0.39, 0.29) is 17.7 Å². The van der Waals surface area contributed by atoms with Crippen molar-refractivity contribution in [2.24, 2.45) is 5.92 Å². The Balaban J connectivity index is 2.01. The second-order valence-corrected chi connectivity index (χ2v) is 6.92. The Morgan fingerprint density at radius 1 is 1.43 bits per heavy atom. The Kier molecular flexibility index (Phi) is 6.04. The lowest BCUT2D eigenvalue weighted by Gasteiger charge is -2.29. The van der Waals surface area contributed by atoms with Crippen molar-refractivity contribution >= 4 is 27.7 Å². The van der Waals surface area contributed by atoms with E-state index in [9.17, 15) is 9.59 Å². The maximum atomic E-state index is 12.6. The van der Waals surface area contributed by atoms with Gasteiger partial charge in [0, 0.05) is 19.5 Å². The smallest absolute Gasteiger partial charge is 0.243 e. The Hall–Kier alpha value is -1.56. The van der Waals surface area contributed by atoms with Gasteiger partial charge in [-0.05, 0) is 46.0 Å². The zero-order chi connectivity index (χ0) is 17.0. The van der Waals surface area contributed by atoms with Crippen LogP contribution < -0.4 is 10.1 Å². The maximum absolute atomic E-state index is 12.6. The van der Waals surface area contributed by atoms with Crippen molar-refractivity contribution in [3.8, 4) is 5.75 Å². The normalized spacial score (nSPS) is 15.9. The Morgan fingerprint density at radius 2 is 2.17 bits per heavy atom. The summed E-state index contributed by atoms with van der Waals surface area (Å²) in [6, 6.07) is 5.29. The highest BCUT2D eigenvalue weighted by Crippen LogP contribution is 2.25. The van der Waals surface area contributed by atoms with Crippen LogP contribution in [0, 0.1) is 5.92 Å². The summed E-state index contributed by atoms with van der Waals surface area (Å²) in [7, 11) is 1.61. The second kappa shape index (κ2) is 7.81. The van der Waals surface area contributed by atoms with Crippen LogP contribution in [0.15, 0.2) is 22.7 Å². The molecular formula is C17H23BrN2O3. The van der Waals surface area contributed by atoms with Crippen LogP contribution in [0.3, 0.4) is 0 Å². The highest BCUT2D eigenvalue weighted by atomic mass is 79.9. The highest BCUT2D eigenvalue weighted by molar-refractivity contribution is 9.10. The van der Waals surface area contributed by atoms with Crippen LogP contribution in [0.5, 0.6) is 5.75 Å². The number of hydrogen-bond donors (Lipinski definition) is 1. The fourth-order valence-electron chi connectivity index (χ4n) is 2.88. The maximum Gasteiger partial charge on any atom is 0.243 e. The lowest BCUT2D eigenvalue weighted by molar-refractivity contribution is -0.139. The molecule has 0 aromatic heterocycles. The number of likely N-dealkylation sites (tertiary alicyclic amines) is 1. The number of carbonyl (C=O) groups excluding carboxylic acids is 2. The van der Waals surface area contributed by atoms with Crippen LogP contribution in [0.1, 0.15) is 32.3 Å². The molecule has 1 fully saturated rings. The predicted octanol–water partition coefficient (Wildman–Crippen LogP) is 2.72. The van der Waals surface area contributed by atoms with Crippen LogP contribution in [0.25, 0.3) is 0 Å². The number of amides is 2. The van der Waals surface area contributed by atoms with E-state index < -0.39 is 6.04 Å². The molecule has 5 nitrogen and oxygen atoms in total. The molecule has 0 saturated carbocycles. The monoisotopic (exact) mass is 382 g/mol. The molecule has 0 radical (unpaired) electrons. The Bertz CT molecular complexity index is 589. The van der Waals surface area contributed by atoms with Crippen LogP contribution in [0.2, 0.25) is 0 Å². The Morgan fingerprint density at radius 3 is 2.70 bits per heavy atom. The molecule has 2 rings (SSSR count). The van der Waals surface area contributed by atoms with Gasteiger partial charge in [-0.1, -0.05) is 19.9 Å². The molecule has 1 atom stereocenters. The summed E-state index contributed by atoms with van der Waals surface area (Å²) in [6.07, 6.45) is 1.38. The van der Waals surface area contributed by atoms with E-state index in [1.54, 1.807) is 12.0 Å². The van der Waals surface area contributed by atoms with E-state index in [0.717, 1.165) is 22.2 Å². The quantitative estimate of drug-likeness (QED) is 0.822. The summed E-state index contributed by atoms with van der Waals surface area (Å²) in [5.74, 6) is 0.815. The molecule has 1 aliphatic rings. The fraction of sp³-hybridized carbons (Fsp3) is 0.529. The van der Waals surface area contributed by atoms with E-state index in [0.29, 0.717) is 19.5 Å². The topological polar surface area (TPSA) is 58.6 Å². The average Bonchev–Trinajstić information content (AvgIpc) is 2.91. The van der Waals surface area contributed by atoms with E-state index in [1.807, 2.05) is 32.0 Å². The van der Waals surface area contributed by atoms with Crippen LogP contribution in [-0.4, -0.2) is 36.4 Å². The van der Waals surface area contributed by atoms with Crippen LogP contribution >= 0.6 is 15.9 Å². The van der Waals surface area contributed by atoms with Gasteiger partial charge in [-0.15, -0.1) is 0 Å². The van der Waals surface area contributed by atoms with Crippen molar-refractivity contribution in [2.75, 3.05) is 13.7 Å². The molecule has 1 heterocycles. The van der Waals surface area contributed by atoms with E-state index in [1.165, 1.54) is 0 Å². The number of halogens is 1. The van der Waals surface area contributed by atoms with Gasteiger partial charge in [-0.2, -0.15) is 0 Å². The molecule has 1 saturated heterocycles. The lowest BCUT2D eigenvalue weighted by atomic mass is 10.0. The fourth-order valence-corrected chi connectivity index (χ4v) is 3.47. The number of hydrogen-bond acceptors (Lipinski definition) is 3. The molecule has 126 valence electrons. The summed E-state index contributed by atoms with van der Waals surface area (Å²) in [5, 5.41) is 2.95. The number of nitrogens with one attached hydrogen (secondary N) is 1. The minimum atomic E-state index is -0.397. The summed E-state index contributed by atoms with van der Waals surface area (Å²) < 4.78 is 6.05. The summed E-state index contributed by atoms with van der Waals surface area (Å²) >= 11 is 3.44. The molecule has 1 N–H and O–H groups in total. The predicted molar refractivity (Wildman–Crippen MR) is 92.1 cm³/mol. The number of rotatable bonds is 6. The zero-order valence-corrected chi connectivity index (χ0v) is 15.4. The number of ether oxygens (including phenoxy) is 1. The lowest BCUT2D eigenvalue weighted by Crippen LogP contribution is -2.50. The average molecular weight is 383 g/mol. The number of nitrogens with zero attached hydrogens (tertiary/aromatic N) is 1. The van der Waals surface area contributed by atoms with Gasteiger partial charge in [0.2, 0.25) is 11.8 Å². The number of benzene rings is 1. The number of methoxy groups -OCH3 is 1. The van der Waals surface area contributed by atoms with Crippen LogP contribution in [0.4, 0.5) is 0 Å². The summed E-state index contributed by atoms with van der Waals surface area (Å²) in [6.45, 7) is 5.04. The largest absolute Gasteiger partial charge is 0.496 e. The third kappa shape index (κ3) is 4.25. The van der Waals surface area contributed by atoms with Gasteiger partial charge in [0.05, 0.1) is 11.6 Å². The minimum absolute atomic E-state index is 0.0750. The molecule has 0 spiro atoms. The molecule has 1 unspecified atom stereocenters. The second-order valence-electron chi connectivity index (χ2n) is 6.07. The van der Waals surface area contributed by atoms with Crippen molar-refractivity contribution in [3.63, 3.8) is 0 Å². The van der Waals surface area contributed by atoms with Gasteiger partial charge in [0.25, 0.3) is 0 Å². The molecule has 2 amide bonds. The van der Waals surface area contributed by atoms with Gasteiger partial charge >= 0.3 is 0 Å². The van der Waals surface area contributed by atoms with Crippen molar-refractivity contribution in [3.05, 3.63) is 28.2 Å². The molecular weight excluding hydrogens is 360 g/mol. The third-order valence-electron chi connectivity index (χ3n) is 4.03. The summed E-state index contributed by atoms with van der Waals surface area (Å²) in [4.78, 5) is 26.2. The van der Waals surface area contributed by atoms with Gasteiger partial charge in [0.1, 0.15) is 11.8 Å². The molecule has 23 heavy (non-hydrogen) atoms. The first kappa shape index (κ1) is 17.8. The molecule has 6 heteroatoms. The van der Waals surface area contributed by atoms with Gasteiger partial charge in [-0.3, -0.25) is 9.59 Å². The van der Waals surface area contributed by atoms with Crippen molar-refractivity contribution < 1.29 is 14.3 Å². The highest BCUT2D eigenvalue weighted by Gasteiger charge is 2.34. The molecule has 1 aromatic carbocycles. The van der Waals surface area contributed by atoms with Gasteiger partial charge < -0.3 is 15.0 Å². The molecule has 0 bridgehead atoms. The number of carbonyl (C=O) groups is 2. The van der Waals surface area contributed by atoms with Crippen molar-refractivity contribution in [1.82, 2.24) is 10.2 Å².